The van der Waals surface area contributed by atoms with E-state index in [1.54, 1.807) is 5.01 Å². The van der Waals surface area contributed by atoms with Crippen LogP contribution >= 0.6 is 11.6 Å². The molecule has 0 saturated carbocycles. The highest BCUT2D eigenvalue weighted by atomic mass is 35.5. The first-order chi connectivity index (χ1) is 5.57. The number of carbonyl (C=O) groups is 1. The first-order valence-electron chi connectivity index (χ1n) is 4.12. The second-order valence-electron chi connectivity index (χ2n) is 3.47. The van der Waals surface area contributed by atoms with Crippen molar-refractivity contribution in [3.63, 3.8) is 0 Å². The van der Waals surface area contributed by atoms with E-state index in [0.29, 0.717) is 11.8 Å². The lowest BCUT2D eigenvalue weighted by molar-refractivity contribution is -0.141. The fraction of sp³-hybridized carbons (Fsp3) is 0.875. The maximum atomic E-state index is 11.5. The summed E-state index contributed by atoms with van der Waals surface area (Å²) in [5, 5.41) is 3.57. The second-order valence-corrected chi connectivity index (χ2v) is 3.78. The van der Waals surface area contributed by atoms with Crippen LogP contribution in [0.1, 0.15) is 6.92 Å². The van der Waals surface area contributed by atoms with Gasteiger partial charge in [0, 0.05) is 38.4 Å². The molecule has 1 fully saturated rings. The summed E-state index contributed by atoms with van der Waals surface area (Å²) in [4.78, 5) is 11.5. The number of hydrogen-bond acceptors (Lipinski definition) is 2. The van der Waals surface area contributed by atoms with Gasteiger partial charge in [-0.1, -0.05) is 6.92 Å². The SMILES string of the molecule is CC1C(=O)N(N(C)C)CC1CCl. The van der Waals surface area contributed by atoms with Crippen LogP contribution in [-0.2, 0) is 4.79 Å². The third kappa shape index (κ3) is 1.57. The normalized spacial score (nSPS) is 30.4. The van der Waals surface area contributed by atoms with Gasteiger partial charge in [0.15, 0.2) is 0 Å². The molecule has 0 bridgehead atoms. The Morgan fingerprint density at radius 3 is 2.50 bits per heavy atom. The molecule has 0 N–H and O–H groups in total. The van der Waals surface area contributed by atoms with Crippen molar-refractivity contribution < 1.29 is 4.79 Å². The summed E-state index contributed by atoms with van der Waals surface area (Å²) in [6, 6.07) is 0. The molecule has 0 aromatic heterocycles. The quantitative estimate of drug-likeness (QED) is 0.602. The third-order valence-electron chi connectivity index (χ3n) is 2.44. The summed E-state index contributed by atoms with van der Waals surface area (Å²) in [5.74, 6) is 1.13. The Hall–Kier alpha value is -0.280. The van der Waals surface area contributed by atoms with E-state index in [1.807, 2.05) is 26.0 Å². The van der Waals surface area contributed by atoms with Crippen molar-refractivity contribution in [1.29, 1.82) is 0 Å². The van der Waals surface area contributed by atoms with E-state index in [1.165, 1.54) is 0 Å². The minimum absolute atomic E-state index is 0.0740. The Kier molecular flexibility index (Phi) is 2.96. The number of amides is 1. The van der Waals surface area contributed by atoms with Gasteiger partial charge < -0.3 is 0 Å². The predicted molar refractivity (Wildman–Crippen MR) is 48.8 cm³/mol. The zero-order valence-corrected chi connectivity index (χ0v) is 8.51. The van der Waals surface area contributed by atoms with Crippen LogP contribution in [0.15, 0.2) is 0 Å². The molecule has 0 aromatic carbocycles. The van der Waals surface area contributed by atoms with E-state index >= 15 is 0 Å². The first-order valence-corrected chi connectivity index (χ1v) is 4.66. The average molecular weight is 191 g/mol. The minimum atomic E-state index is 0.0740. The van der Waals surface area contributed by atoms with Crippen molar-refractivity contribution in [1.82, 2.24) is 10.0 Å². The molecule has 0 radical (unpaired) electrons. The Balaban J connectivity index is 2.67. The molecular formula is C8H15ClN2O. The van der Waals surface area contributed by atoms with Crippen molar-refractivity contribution in [3.05, 3.63) is 0 Å². The largest absolute Gasteiger partial charge is 0.275 e. The van der Waals surface area contributed by atoms with Crippen LogP contribution in [0.25, 0.3) is 0 Å². The Bertz CT molecular complexity index is 184. The molecule has 1 amide bonds. The highest BCUT2D eigenvalue weighted by Crippen LogP contribution is 2.25. The van der Waals surface area contributed by atoms with E-state index in [0.717, 1.165) is 6.54 Å². The molecular weight excluding hydrogens is 176 g/mol. The summed E-state index contributed by atoms with van der Waals surface area (Å²) in [5.41, 5.74) is 0. The van der Waals surface area contributed by atoms with Crippen LogP contribution in [0, 0.1) is 11.8 Å². The van der Waals surface area contributed by atoms with Crippen molar-refractivity contribution >= 4 is 17.5 Å². The van der Waals surface area contributed by atoms with Crippen LogP contribution in [0.2, 0.25) is 0 Å². The molecule has 0 aromatic rings. The molecule has 0 spiro atoms. The van der Waals surface area contributed by atoms with Crippen molar-refractivity contribution in [2.75, 3.05) is 26.5 Å². The maximum Gasteiger partial charge on any atom is 0.240 e. The van der Waals surface area contributed by atoms with Gasteiger partial charge in [0.1, 0.15) is 0 Å². The van der Waals surface area contributed by atoms with Gasteiger partial charge >= 0.3 is 0 Å². The summed E-state index contributed by atoms with van der Waals surface area (Å²) < 4.78 is 0. The van der Waals surface area contributed by atoms with Crippen LogP contribution in [0.5, 0.6) is 0 Å². The summed E-state index contributed by atoms with van der Waals surface area (Å²) in [6.07, 6.45) is 0. The van der Waals surface area contributed by atoms with Gasteiger partial charge in [-0.05, 0) is 0 Å². The van der Waals surface area contributed by atoms with E-state index in [2.05, 4.69) is 0 Å². The number of rotatable bonds is 2. The summed E-state index contributed by atoms with van der Waals surface area (Å²) in [6.45, 7) is 2.70. The molecule has 70 valence electrons. The van der Waals surface area contributed by atoms with Gasteiger partial charge in [-0.3, -0.25) is 9.80 Å². The second kappa shape index (κ2) is 3.62. The lowest BCUT2D eigenvalue weighted by Crippen LogP contribution is -2.38. The fourth-order valence-electron chi connectivity index (χ4n) is 1.45. The van der Waals surface area contributed by atoms with Gasteiger partial charge in [-0.15, -0.1) is 11.6 Å². The molecule has 2 atom stereocenters. The summed E-state index contributed by atoms with van der Waals surface area (Å²) >= 11 is 5.74. The monoisotopic (exact) mass is 190 g/mol. The predicted octanol–water partition coefficient (Wildman–Crippen LogP) is 0.796. The molecule has 2 unspecified atom stereocenters. The van der Waals surface area contributed by atoms with Crippen LogP contribution < -0.4 is 0 Å². The van der Waals surface area contributed by atoms with Crippen LogP contribution in [0.4, 0.5) is 0 Å². The number of hydrogen-bond donors (Lipinski definition) is 0. The topological polar surface area (TPSA) is 23.6 Å². The first kappa shape index (κ1) is 9.81. The number of carbonyl (C=O) groups excluding carboxylic acids is 1. The zero-order valence-electron chi connectivity index (χ0n) is 7.75. The molecule has 1 heterocycles. The van der Waals surface area contributed by atoms with E-state index in [4.69, 9.17) is 11.6 Å². The average Bonchev–Trinajstić information content (AvgIpc) is 2.30. The van der Waals surface area contributed by atoms with Gasteiger partial charge in [-0.2, -0.15) is 0 Å². The Morgan fingerprint density at radius 1 is 1.67 bits per heavy atom. The lowest BCUT2D eigenvalue weighted by Gasteiger charge is -2.23. The molecule has 1 aliphatic rings. The number of nitrogens with zero attached hydrogens (tertiary/aromatic N) is 2. The summed E-state index contributed by atoms with van der Waals surface area (Å²) in [7, 11) is 3.75. The van der Waals surface area contributed by atoms with E-state index in [-0.39, 0.29) is 11.8 Å². The molecule has 4 heteroatoms. The van der Waals surface area contributed by atoms with Gasteiger partial charge in [-0.25, -0.2) is 5.01 Å². The fourth-order valence-corrected chi connectivity index (χ4v) is 1.81. The molecule has 3 nitrogen and oxygen atoms in total. The standard InChI is InChI=1S/C8H15ClN2O/c1-6-7(4-9)5-11(8(6)12)10(2)3/h6-7H,4-5H2,1-3H3. The third-order valence-corrected chi connectivity index (χ3v) is 2.84. The van der Waals surface area contributed by atoms with Gasteiger partial charge in [0.2, 0.25) is 5.91 Å². The van der Waals surface area contributed by atoms with Crippen LogP contribution in [0.3, 0.4) is 0 Å². The molecule has 12 heavy (non-hydrogen) atoms. The molecule has 1 aliphatic heterocycles. The highest BCUT2D eigenvalue weighted by Gasteiger charge is 2.37. The highest BCUT2D eigenvalue weighted by molar-refractivity contribution is 6.18. The van der Waals surface area contributed by atoms with E-state index < -0.39 is 0 Å². The van der Waals surface area contributed by atoms with Crippen molar-refractivity contribution in [2.24, 2.45) is 11.8 Å². The van der Waals surface area contributed by atoms with Crippen molar-refractivity contribution in [3.8, 4) is 0 Å². The van der Waals surface area contributed by atoms with Gasteiger partial charge in [0.05, 0.1) is 0 Å². The minimum Gasteiger partial charge on any atom is -0.275 e. The number of halogens is 1. The van der Waals surface area contributed by atoms with E-state index in [9.17, 15) is 4.79 Å². The maximum absolute atomic E-state index is 11.5. The smallest absolute Gasteiger partial charge is 0.240 e. The van der Waals surface area contributed by atoms with Crippen LogP contribution in [-0.4, -0.2) is 42.4 Å². The lowest BCUT2D eigenvalue weighted by atomic mass is 10.0. The zero-order chi connectivity index (χ0) is 9.30. The van der Waals surface area contributed by atoms with Crippen molar-refractivity contribution in [2.45, 2.75) is 6.92 Å². The Morgan fingerprint density at radius 2 is 2.25 bits per heavy atom. The number of alkyl halides is 1. The number of hydrazine groups is 1. The molecule has 1 rings (SSSR count). The molecule has 0 aliphatic carbocycles. The molecule has 1 saturated heterocycles. The van der Waals surface area contributed by atoms with Gasteiger partial charge in [0.25, 0.3) is 0 Å². The Labute approximate surface area is 78.2 Å².